The number of hydrogen-bond acceptors (Lipinski definition) is 3. The minimum Gasteiger partial charge on any atom is -0.395 e. The zero-order valence-corrected chi connectivity index (χ0v) is 9.29. The number of nitrogens with one attached hydrogen (secondary N) is 2. The SMILES string of the molecule is Cc1ccc(NC(=O)C(=O)NCCO)c(F)c1. The summed E-state index contributed by atoms with van der Waals surface area (Å²) in [6, 6.07) is 4.24. The van der Waals surface area contributed by atoms with Crippen LogP contribution in [-0.2, 0) is 9.59 Å². The van der Waals surface area contributed by atoms with E-state index in [1.807, 2.05) is 0 Å². The fourth-order valence-corrected chi connectivity index (χ4v) is 1.15. The number of carbonyl (C=O) groups excluding carboxylic acids is 2. The monoisotopic (exact) mass is 240 g/mol. The van der Waals surface area contributed by atoms with Gasteiger partial charge in [-0.1, -0.05) is 6.07 Å². The average Bonchev–Trinajstić information content (AvgIpc) is 2.29. The third-order valence-electron chi connectivity index (χ3n) is 1.98. The molecule has 3 N–H and O–H groups in total. The zero-order chi connectivity index (χ0) is 12.8. The van der Waals surface area contributed by atoms with Gasteiger partial charge in [-0.05, 0) is 24.6 Å². The molecule has 0 saturated heterocycles. The second kappa shape index (κ2) is 5.95. The minimum atomic E-state index is -0.971. The molecular weight excluding hydrogens is 227 g/mol. The number of anilines is 1. The highest BCUT2D eigenvalue weighted by Gasteiger charge is 2.14. The van der Waals surface area contributed by atoms with E-state index in [0.29, 0.717) is 5.56 Å². The van der Waals surface area contributed by atoms with Gasteiger partial charge < -0.3 is 15.7 Å². The van der Waals surface area contributed by atoms with E-state index >= 15 is 0 Å². The lowest BCUT2D eigenvalue weighted by molar-refractivity contribution is -0.136. The fraction of sp³-hybridized carbons (Fsp3) is 0.273. The van der Waals surface area contributed by atoms with Gasteiger partial charge in [-0.15, -0.1) is 0 Å². The third-order valence-corrected chi connectivity index (χ3v) is 1.98. The van der Waals surface area contributed by atoms with Crippen molar-refractivity contribution in [3.63, 3.8) is 0 Å². The molecular formula is C11H13FN2O3. The van der Waals surface area contributed by atoms with Gasteiger partial charge in [0.1, 0.15) is 5.82 Å². The molecule has 1 rings (SSSR count). The van der Waals surface area contributed by atoms with Gasteiger partial charge >= 0.3 is 11.8 Å². The summed E-state index contributed by atoms with van der Waals surface area (Å²) >= 11 is 0. The maximum absolute atomic E-state index is 13.3. The molecule has 0 heterocycles. The van der Waals surface area contributed by atoms with Gasteiger partial charge in [0.05, 0.1) is 12.3 Å². The van der Waals surface area contributed by atoms with Crippen LogP contribution in [0.25, 0.3) is 0 Å². The number of aliphatic hydroxyl groups is 1. The van der Waals surface area contributed by atoms with Crippen molar-refractivity contribution in [2.45, 2.75) is 6.92 Å². The highest BCUT2D eigenvalue weighted by Crippen LogP contribution is 2.14. The first-order chi connectivity index (χ1) is 8.04. The Hall–Kier alpha value is -1.95. The molecule has 1 aromatic rings. The highest BCUT2D eigenvalue weighted by molar-refractivity contribution is 6.39. The molecule has 0 saturated carbocycles. The Morgan fingerprint density at radius 1 is 1.35 bits per heavy atom. The van der Waals surface area contributed by atoms with Crippen LogP contribution in [0.2, 0.25) is 0 Å². The van der Waals surface area contributed by atoms with Crippen LogP contribution in [0.5, 0.6) is 0 Å². The molecule has 0 aromatic heterocycles. The summed E-state index contributed by atoms with van der Waals surface area (Å²) in [7, 11) is 0. The van der Waals surface area contributed by atoms with Crippen LogP contribution >= 0.6 is 0 Å². The van der Waals surface area contributed by atoms with Crippen molar-refractivity contribution >= 4 is 17.5 Å². The summed E-state index contributed by atoms with van der Waals surface area (Å²) in [6.07, 6.45) is 0. The van der Waals surface area contributed by atoms with E-state index in [0.717, 1.165) is 0 Å². The van der Waals surface area contributed by atoms with Crippen LogP contribution in [0.1, 0.15) is 5.56 Å². The van der Waals surface area contributed by atoms with E-state index in [1.54, 1.807) is 13.0 Å². The maximum Gasteiger partial charge on any atom is 0.313 e. The van der Waals surface area contributed by atoms with Crippen LogP contribution in [-0.4, -0.2) is 30.1 Å². The van der Waals surface area contributed by atoms with E-state index in [1.165, 1.54) is 12.1 Å². The van der Waals surface area contributed by atoms with Crippen LogP contribution in [0.3, 0.4) is 0 Å². The van der Waals surface area contributed by atoms with Gasteiger partial charge in [0, 0.05) is 6.54 Å². The molecule has 0 aliphatic heterocycles. The smallest absolute Gasteiger partial charge is 0.313 e. The van der Waals surface area contributed by atoms with E-state index in [-0.39, 0.29) is 18.8 Å². The number of amides is 2. The van der Waals surface area contributed by atoms with Gasteiger partial charge in [-0.2, -0.15) is 0 Å². The number of carbonyl (C=O) groups is 2. The highest BCUT2D eigenvalue weighted by atomic mass is 19.1. The van der Waals surface area contributed by atoms with Crippen molar-refractivity contribution in [1.82, 2.24) is 5.32 Å². The quantitative estimate of drug-likeness (QED) is 0.659. The first-order valence-corrected chi connectivity index (χ1v) is 5.01. The predicted octanol–water partition coefficient (Wildman–Crippen LogP) is 0.181. The molecule has 0 atom stereocenters. The van der Waals surface area contributed by atoms with Crippen molar-refractivity contribution in [3.8, 4) is 0 Å². The minimum absolute atomic E-state index is 0.0252. The fourth-order valence-electron chi connectivity index (χ4n) is 1.15. The summed E-state index contributed by atoms with van der Waals surface area (Å²) in [6.45, 7) is 1.42. The average molecular weight is 240 g/mol. The molecule has 0 fully saturated rings. The van der Waals surface area contributed by atoms with Gasteiger partial charge in [0.25, 0.3) is 0 Å². The van der Waals surface area contributed by atoms with Crippen molar-refractivity contribution in [3.05, 3.63) is 29.6 Å². The molecule has 6 heteroatoms. The van der Waals surface area contributed by atoms with Crippen molar-refractivity contribution in [1.29, 1.82) is 0 Å². The normalized spacial score (nSPS) is 9.82. The Kier molecular flexibility index (Phi) is 4.59. The number of hydrogen-bond donors (Lipinski definition) is 3. The van der Waals surface area contributed by atoms with Crippen molar-refractivity contribution < 1.29 is 19.1 Å². The summed E-state index contributed by atoms with van der Waals surface area (Å²) in [4.78, 5) is 22.4. The largest absolute Gasteiger partial charge is 0.395 e. The van der Waals surface area contributed by atoms with E-state index < -0.39 is 17.6 Å². The molecule has 0 spiro atoms. The number of halogens is 1. The molecule has 0 unspecified atom stereocenters. The molecule has 1 aromatic carbocycles. The lowest BCUT2D eigenvalue weighted by Crippen LogP contribution is -2.37. The molecule has 0 aliphatic rings. The van der Waals surface area contributed by atoms with Crippen LogP contribution in [0.4, 0.5) is 10.1 Å². The van der Waals surface area contributed by atoms with E-state index in [2.05, 4.69) is 10.6 Å². The molecule has 0 radical (unpaired) electrons. The van der Waals surface area contributed by atoms with Gasteiger partial charge in [0.15, 0.2) is 0 Å². The number of aryl methyl sites for hydroxylation is 1. The van der Waals surface area contributed by atoms with Crippen molar-refractivity contribution in [2.75, 3.05) is 18.5 Å². The predicted molar refractivity (Wildman–Crippen MR) is 59.9 cm³/mol. The first kappa shape index (κ1) is 13.1. The number of rotatable bonds is 3. The van der Waals surface area contributed by atoms with Crippen LogP contribution < -0.4 is 10.6 Å². The third kappa shape index (κ3) is 3.84. The topological polar surface area (TPSA) is 78.4 Å². The molecule has 5 nitrogen and oxygen atoms in total. The second-order valence-electron chi connectivity index (χ2n) is 3.42. The van der Waals surface area contributed by atoms with Gasteiger partial charge in [0.2, 0.25) is 0 Å². The van der Waals surface area contributed by atoms with Crippen molar-refractivity contribution in [2.24, 2.45) is 0 Å². The van der Waals surface area contributed by atoms with Crippen LogP contribution in [0.15, 0.2) is 18.2 Å². The molecule has 0 bridgehead atoms. The summed E-state index contributed by atoms with van der Waals surface area (Å²) in [5, 5.41) is 12.8. The summed E-state index contributed by atoms with van der Waals surface area (Å²) < 4.78 is 13.3. The molecule has 0 aliphatic carbocycles. The zero-order valence-electron chi connectivity index (χ0n) is 9.29. The standard InChI is InChI=1S/C11H13FN2O3/c1-7-2-3-9(8(12)6-7)14-11(17)10(16)13-4-5-15/h2-3,6,15H,4-5H2,1H3,(H,13,16)(H,14,17). The first-order valence-electron chi connectivity index (χ1n) is 5.01. The van der Waals surface area contributed by atoms with Crippen LogP contribution in [0, 0.1) is 12.7 Å². The van der Waals surface area contributed by atoms with E-state index in [4.69, 9.17) is 5.11 Å². The maximum atomic E-state index is 13.3. The second-order valence-corrected chi connectivity index (χ2v) is 3.42. The molecule has 92 valence electrons. The Bertz CT molecular complexity index is 435. The van der Waals surface area contributed by atoms with Gasteiger partial charge in [-0.25, -0.2) is 4.39 Å². The Morgan fingerprint density at radius 3 is 2.65 bits per heavy atom. The summed E-state index contributed by atoms with van der Waals surface area (Å²) in [5.41, 5.74) is 0.657. The number of benzene rings is 1. The lowest BCUT2D eigenvalue weighted by Gasteiger charge is -2.06. The lowest BCUT2D eigenvalue weighted by atomic mass is 10.2. The molecule has 2 amide bonds. The molecule has 17 heavy (non-hydrogen) atoms. The van der Waals surface area contributed by atoms with E-state index in [9.17, 15) is 14.0 Å². The number of aliphatic hydroxyl groups excluding tert-OH is 1. The van der Waals surface area contributed by atoms with Gasteiger partial charge in [-0.3, -0.25) is 9.59 Å². The Labute approximate surface area is 97.6 Å². The Balaban J connectivity index is 2.64. The summed E-state index contributed by atoms with van der Waals surface area (Å²) in [5.74, 6) is -2.49. The Morgan fingerprint density at radius 2 is 2.06 bits per heavy atom.